The zero-order chi connectivity index (χ0) is 12.5. The van der Waals surface area contributed by atoms with E-state index in [1.165, 1.54) is 0 Å². The van der Waals surface area contributed by atoms with Crippen LogP contribution < -0.4 is 4.90 Å². The molecule has 18 heavy (non-hydrogen) atoms. The first-order valence-corrected chi connectivity index (χ1v) is 7.35. The third-order valence-corrected chi connectivity index (χ3v) is 4.21. The molecule has 1 saturated heterocycles. The largest absolute Gasteiger partial charge is 0.353 e. The van der Waals surface area contributed by atoms with Crippen LogP contribution in [0.4, 0.5) is 5.82 Å². The molecule has 6 nitrogen and oxygen atoms in total. The molecule has 1 aliphatic rings. The lowest BCUT2D eigenvalue weighted by Gasteiger charge is -2.27. The zero-order valence-corrected chi connectivity index (χ0v) is 11.0. The number of fused-ring (bicyclic) bond motifs is 1. The lowest BCUT2D eigenvalue weighted by Crippen LogP contribution is -2.38. The molecule has 0 atom stereocenters. The van der Waals surface area contributed by atoms with Crippen LogP contribution in [-0.2, 0) is 10.8 Å². The van der Waals surface area contributed by atoms with Crippen molar-refractivity contribution < 1.29 is 4.21 Å². The first-order valence-electron chi connectivity index (χ1n) is 5.48. The standard InChI is InChI=1S/C10H10ClN5OS/c11-10-14-8-7(12-1-2-13-8)9(15-10)16-3-5-18(17)6-4-16/h1-2H,3-6H2. The lowest BCUT2D eigenvalue weighted by molar-refractivity contribution is 0.672. The van der Waals surface area contributed by atoms with Crippen LogP contribution in [0.25, 0.3) is 11.2 Å². The highest BCUT2D eigenvalue weighted by Crippen LogP contribution is 2.23. The zero-order valence-electron chi connectivity index (χ0n) is 9.41. The van der Waals surface area contributed by atoms with Crippen molar-refractivity contribution in [1.82, 2.24) is 19.9 Å². The van der Waals surface area contributed by atoms with Crippen LogP contribution >= 0.6 is 11.6 Å². The molecule has 2 aromatic heterocycles. The van der Waals surface area contributed by atoms with Gasteiger partial charge in [0.1, 0.15) is 0 Å². The van der Waals surface area contributed by atoms with Gasteiger partial charge in [0.2, 0.25) is 5.28 Å². The van der Waals surface area contributed by atoms with Crippen LogP contribution in [-0.4, -0.2) is 48.7 Å². The Morgan fingerprint density at radius 1 is 1.17 bits per heavy atom. The summed E-state index contributed by atoms with van der Waals surface area (Å²) >= 11 is 5.90. The molecule has 1 aliphatic heterocycles. The van der Waals surface area contributed by atoms with Gasteiger partial charge in [-0.1, -0.05) is 0 Å². The molecule has 1 fully saturated rings. The second kappa shape index (κ2) is 4.74. The number of nitrogens with zero attached hydrogens (tertiary/aromatic N) is 5. The van der Waals surface area contributed by atoms with Crippen LogP contribution in [0, 0.1) is 0 Å². The molecule has 3 heterocycles. The monoisotopic (exact) mass is 283 g/mol. The van der Waals surface area contributed by atoms with E-state index in [9.17, 15) is 4.21 Å². The summed E-state index contributed by atoms with van der Waals surface area (Å²) in [5, 5.41) is 0.157. The maximum absolute atomic E-state index is 11.4. The second-order valence-electron chi connectivity index (χ2n) is 3.88. The molecule has 8 heteroatoms. The summed E-state index contributed by atoms with van der Waals surface area (Å²) in [5.41, 5.74) is 1.12. The fraction of sp³-hybridized carbons (Fsp3) is 0.400. The van der Waals surface area contributed by atoms with Crippen molar-refractivity contribution in [2.75, 3.05) is 29.5 Å². The van der Waals surface area contributed by atoms with Gasteiger partial charge in [0.15, 0.2) is 17.0 Å². The molecule has 0 aromatic carbocycles. The van der Waals surface area contributed by atoms with E-state index >= 15 is 0 Å². The Labute approximate surface area is 111 Å². The minimum absolute atomic E-state index is 0.157. The van der Waals surface area contributed by atoms with Crippen LogP contribution in [0.1, 0.15) is 0 Å². The molecule has 94 valence electrons. The molecule has 0 saturated carbocycles. The third-order valence-electron chi connectivity index (χ3n) is 2.76. The summed E-state index contributed by atoms with van der Waals surface area (Å²) in [6.45, 7) is 1.37. The van der Waals surface area contributed by atoms with Crippen LogP contribution in [0.3, 0.4) is 0 Å². The summed E-state index contributed by atoms with van der Waals surface area (Å²) in [6.07, 6.45) is 3.17. The average Bonchev–Trinajstić information content (AvgIpc) is 2.38. The van der Waals surface area contributed by atoms with E-state index in [0.29, 0.717) is 41.6 Å². The number of anilines is 1. The van der Waals surface area contributed by atoms with Crippen molar-refractivity contribution in [3.8, 4) is 0 Å². The topological polar surface area (TPSA) is 71.9 Å². The van der Waals surface area contributed by atoms with E-state index in [4.69, 9.17) is 11.6 Å². The van der Waals surface area contributed by atoms with E-state index in [2.05, 4.69) is 19.9 Å². The summed E-state index contributed by atoms with van der Waals surface area (Å²) < 4.78 is 11.4. The summed E-state index contributed by atoms with van der Waals surface area (Å²) in [6, 6.07) is 0. The molecule has 0 amide bonds. The van der Waals surface area contributed by atoms with E-state index in [0.717, 1.165) is 0 Å². The minimum Gasteiger partial charge on any atom is -0.353 e. The Morgan fingerprint density at radius 2 is 1.89 bits per heavy atom. The van der Waals surface area contributed by atoms with E-state index < -0.39 is 10.8 Å². The number of rotatable bonds is 1. The molecule has 0 aliphatic carbocycles. The summed E-state index contributed by atoms with van der Waals surface area (Å²) in [4.78, 5) is 18.7. The average molecular weight is 284 g/mol. The van der Waals surface area contributed by atoms with Crippen molar-refractivity contribution in [3.05, 3.63) is 17.7 Å². The normalized spacial score (nSPS) is 17.3. The molecule has 0 spiro atoms. The van der Waals surface area contributed by atoms with Gasteiger partial charge in [-0.25, -0.2) is 9.97 Å². The first-order chi connectivity index (χ1) is 8.74. The van der Waals surface area contributed by atoms with Crippen molar-refractivity contribution in [2.24, 2.45) is 0 Å². The van der Waals surface area contributed by atoms with Gasteiger partial charge >= 0.3 is 0 Å². The SMILES string of the molecule is O=S1CCN(c2nc(Cl)nc3nccnc23)CC1. The third kappa shape index (κ3) is 2.15. The quantitative estimate of drug-likeness (QED) is 0.715. The van der Waals surface area contributed by atoms with Gasteiger partial charge in [-0.05, 0) is 11.6 Å². The molecular weight excluding hydrogens is 274 g/mol. The molecule has 2 aromatic rings. The predicted octanol–water partition coefficient (Wildman–Crippen LogP) is 0.642. The second-order valence-corrected chi connectivity index (χ2v) is 5.91. The minimum atomic E-state index is -0.728. The Balaban J connectivity index is 2.07. The van der Waals surface area contributed by atoms with Gasteiger partial charge in [-0.15, -0.1) is 0 Å². The Kier molecular flexibility index (Phi) is 3.09. The van der Waals surface area contributed by atoms with Gasteiger partial charge in [0.25, 0.3) is 0 Å². The fourth-order valence-electron chi connectivity index (χ4n) is 1.89. The van der Waals surface area contributed by atoms with E-state index in [-0.39, 0.29) is 5.28 Å². The van der Waals surface area contributed by atoms with E-state index in [1.807, 2.05) is 4.90 Å². The summed E-state index contributed by atoms with van der Waals surface area (Å²) in [5.74, 6) is 1.96. The maximum Gasteiger partial charge on any atom is 0.226 e. The fourth-order valence-corrected chi connectivity index (χ4v) is 3.11. The lowest BCUT2D eigenvalue weighted by atomic mass is 10.4. The maximum atomic E-state index is 11.4. The molecule has 0 bridgehead atoms. The Bertz CT molecular complexity index is 612. The van der Waals surface area contributed by atoms with E-state index in [1.54, 1.807) is 12.4 Å². The highest BCUT2D eigenvalue weighted by atomic mass is 35.5. The van der Waals surface area contributed by atoms with Crippen molar-refractivity contribution in [3.63, 3.8) is 0 Å². The smallest absolute Gasteiger partial charge is 0.226 e. The van der Waals surface area contributed by atoms with Gasteiger partial charge < -0.3 is 4.90 Å². The van der Waals surface area contributed by atoms with Gasteiger partial charge in [-0.2, -0.15) is 9.97 Å². The van der Waals surface area contributed by atoms with Gasteiger partial charge in [0, 0.05) is 47.8 Å². The Morgan fingerprint density at radius 3 is 2.67 bits per heavy atom. The first kappa shape index (κ1) is 11.7. The Hall–Kier alpha value is -1.34. The van der Waals surface area contributed by atoms with Crippen molar-refractivity contribution in [1.29, 1.82) is 0 Å². The number of hydrogen-bond acceptors (Lipinski definition) is 6. The van der Waals surface area contributed by atoms with Crippen LogP contribution in [0.15, 0.2) is 12.4 Å². The van der Waals surface area contributed by atoms with Crippen LogP contribution in [0.2, 0.25) is 5.28 Å². The summed E-state index contributed by atoms with van der Waals surface area (Å²) in [7, 11) is -0.728. The number of aromatic nitrogens is 4. The van der Waals surface area contributed by atoms with Crippen molar-refractivity contribution in [2.45, 2.75) is 0 Å². The van der Waals surface area contributed by atoms with Gasteiger partial charge in [-0.3, -0.25) is 4.21 Å². The molecular formula is C10H10ClN5OS. The number of hydrogen-bond donors (Lipinski definition) is 0. The van der Waals surface area contributed by atoms with Gasteiger partial charge in [0.05, 0.1) is 0 Å². The molecule has 3 rings (SSSR count). The molecule has 0 radical (unpaired) electrons. The van der Waals surface area contributed by atoms with Crippen LogP contribution in [0.5, 0.6) is 0 Å². The number of halogens is 1. The highest BCUT2D eigenvalue weighted by molar-refractivity contribution is 7.85. The predicted molar refractivity (Wildman–Crippen MR) is 70.2 cm³/mol. The molecule has 0 unspecified atom stereocenters. The highest BCUT2D eigenvalue weighted by Gasteiger charge is 2.20. The van der Waals surface area contributed by atoms with Crippen molar-refractivity contribution >= 4 is 39.4 Å². The molecule has 0 N–H and O–H groups in total.